The molecular formula is C39H40N2O6. The Morgan fingerprint density at radius 2 is 1.00 bits per heavy atom. The van der Waals surface area contributed by atoms with Crippen LogP contribution in [0.3, 0.4) is 0 Å². The van der Waals surface area contributed by atoms with Crippen molar-refractivity contribution in [3.8, 4) is 11.5 Å². The van der Waals surface area contributed by atoms with Crippen molar-refractivity contribution in [3.05, 3.63) is 133 Å². The van der Waals surface area contributed by atoms with Crippen molar-refractivity contribution >= 4 is 35.0 Å². The standard InChI is InChI=1S/C33H26N2O6.C6H14/c1-3-18-40-27-20-23(10-12-25(27)34-29(36)14-15-30(34)37)33(22-8-6-5-7-9-22)24-11-13-26(28(21-24)41-19-4-2)35-31(38)16-17-32(35)39;1-3-5-6-4-2/h3-17,20-21,33H,1-2,18-19H2;3-6H2,1-2H3. The lowest BCUT2D eigenvalue weighted by Gasteiger charge is -2.25. The van der Waals surface area contributed by atoms with Crippen LogP contribution >= 0.6 is 0 Å². The minimum absolute atomic E-state index is 0.163. The largest absolute Gasteiger partial charge is 0.487 e. The lowest BCUT2D eigenvalue weighted by molar-refractivity contribution is -0.121. The summed E-state index contributed by atoms with van der Waals surface area (Å²) in [5.74, 6) is -1.48. The number of amides is 4. The third kappa shape index (κ3) is 8.21. The van der Waals surface area contributed by atoms with E-state index in [9.17, 15) is 19.2 Å². The number of hydrogen-bond acceptors (Lipinski definition) is 6. The Labute approximate surface area is 276 Å². The molecule has 0 aromatic heterocycles. The number of nitrogens with zero attached hydrogens (tertiary/aromatic N) is 2. The van der Waals surface area contributed by atoms with Gasteiger partial charge in [0.1, 0.15) is 24.7 Å². The summed E-state index contributed by atoms with van der Waals surface area (Å²) < 4.78 is 11.9. The van der Waals surface area contributed by atoms with E-state index in [2.05, 4.69) is 27.0 Å². The molecule has 0 saturated carbocycles. The van der Waals surface area contributed by atoms with E-state index in [0.717, 1.165) is 26.5 Å². The van der Waals surface area contributed by atoms with Gasteiger partial charge in [-0.2, -0.15) is 0 Å². The van der Waals surface area contributed by atoms with E-state index < -0.39 is 23.6 Å². The Kier molecular flexibility index (Phi) is 12.2. The number of ether oxygens (including phenoxy) is 2. The zero-order chi connectivity index (χ0) is 33.8. The van der Waals surface area contributed by atoms with Gasteiger partial charge >= 0.3 is 0 Å². The van der Waals surface area contributed by atoms with Crippen molar-refractivity contribution in [2.45, 2.75) is 45.4 Å². The molecular weight excluding hydrogens is 592 g/mol. The van der Waals surface area contributed by atoms with Crippen molar-refractivity contribution in [2.24, 2.45) is 0 Å². The molecule has 242 valence electrons. The van der Waals surface area contributed by atoms with E-state index >= 15 is 0 Å². The maximum Gasteiger partial charge on any atom is 0.258 e. The highest BCUT2D eigenvalue weighted by Gasteiger charge is 2.31. The molecule has 3 aromatic rings. The van der Waals surface area contributed by atoms with Crippen LogP contribution in [0.4, 0.5) is 11.4 Å². The summed E-state index contributed by atoms with van der Waals surface area (Å²) in [5.41, 5.74) is 3.21. The first-order valence-corrected chi connectivity index (χ1v) is 15.8. The van der Waals surface area contributed by atoms with Crippen molar-refractivity contribution in [1.82, 2.24) is 0 Å². The fraction of sp³-hybridized carbons (Fsp3) is 0.231. The first kappa shape index (κ1) is 34.4. The zero-order valence-electron chi connectivity index (χ0n) is 26.9. The Morgan fingerprint density at radius 1 is 0.596 bits per heavy atom. The molecule has 0 spiro atoms. The predicted octanol–water partition coefficient (Wildman–Crippen LogP) is 7.44. The second-order valence-corrected chi connectivity index (χ2v) is 10.9. The highest BCUT2D eigenvalue weighted by Crippen LogP contribution is 2.41. The fourth-order valence-electron chi connectivity index (χ4n) is 5.32. The second kappa shape index (κ2) is 16.7. The quantitative estimate of drug-likeness (QED) is 0.0794. The van der Waals surface area contributed by atoms with Crippen molar-refractivity contribution in [2.75, 3.05) is 23.0 Å². The highest BCUT2D eigenvalue weighted by atomic mass is 16.5. The van der Waals surface area contributed by atoms with E-state index in [0.29, 0.717) is 22.9 Å². The van der Waals surface area contributed by atoms with Crippen LogP contribution in [0.5, 0.6) is 11.5 Å². The minimum Gasteiger partial charge on any atom is -0.487 e. The highest BCUT2D eigenvalue weighted by molar-refractivity contribution is 6.29. The topological polar surface area (TPSA) is 93.2 Å². The van der Waals surface area contributed by atoms with Gasteiger partial charge in [-0.1, -0.05) is 107 Å². The molecule has 0 bridgehead atoms. The molecule has 2 heterocycles. The van der Waals surface area contributed by atoms with Crippen LogP contribution in [0.2, 0.25) is 0 Å². The number of carbonyl (C=O) groups is 4. The van der Waals surface area contributed by atoms with Gasteiger partial charge in [-0.3, -0.25) is 19.2 Å². The molecule has 0 unspecified atom stereocenters. The summed E-state index contributed by atoms with van der Waals surface area (Å²) in [5, 5.41) is 0. The lowest BCUT2D eigenvalue weighted by atomic mass is 9.84. The Bertz CT molecular complexity index is 1550. The molecule has 2 aliphatic heterocycles. The maximum absolute atomic E-state index is 12.4. The molecule has 0 N–H and O–H groups in total. The molecule has 0 aliphatic carbocycles. The van der Waals surface area contributed by atoms with Gasteiger partial charge in [0.05, 0.1) is 11.4 Å². The molecule has 0 saturated heterocycles. The van der Waals surface area contributed by atoms with E-state index in [1.807, 2.05) is 42.5 Å². The van der Waals surface area contributed by atoms with Gasteiger partial charge in [0.15, 0.2) is 0 Å². The van der Waals surface area contributed by atoms with E-state index in [4.69, 9.17) is 9.47 Å². The van der Waals surface area contributed by atoms with Crippen molar-refractivity contribution in [3.63, 3.8) is 0 Å². The van der Waals surface area contributed by atoms with Gasteiger partial charge in [0.25, 0.3) is 23.6 Å². The van der Waals surface area contributed by atoms with Crippen LogP contribution in [-0.2, 0) is 19.2 Å². The molecule has 5 rings (SSSR count). The molecule has 0 fully saturated rings. The summed E-state index contributed by atoms with van der Waals surface area (Å²) in [6, 6.07) is 20.4. The number of anilines is 2. The molecule has 2 aliphatic rings. The smallest absolute Gasteiger partial charge is 0.258 e. The third-order valence-corrected chi connectivity index (χ3v) is 7.54. The molecule has 47 heavy (non-hydrogen) atoms. The fourth-order valence-corrected chi connectivity index (χ4v) is 5.32. The molecule has 3 aromatic carbocycles. The van der Waals surface area contributed by atoms with E-state index in [-0.39, 0.29) is 19.1 Å². The number of hydrogen-bond donors (Lipinski definition) is 0. The number of carbonyl (C=O) groups excluding carboxylic acids is 4. The first-order chi connectivity index (χ1) is 22.8. The Hall–Kier alpha value is -5.50. The minimum atomic E-state index is -0.453. The molecule has 0 atom stereocenters. The molecule has 8 heteroatoms. The number of benzene rings is 3. The summed E-state index contributed by atoms with van der Waals surface area (Å²) in [4.78, 5) is 51.9. The number of rotatable bonds is 14. The monoisotopic (exact) mass is 632 g/mol. The van der Waals surface area contributed by atoms with Crippen LogP contribution in [-0.4, -0.2) is 36.8 Å². The Morgan fingerprint density at radius 3 is 1.36 bits per heavy atom. The van der Waals surface area contributed by atoms with E-state index in [1.54, 1.807) is 36.4 Å². The number of imide groups is 2. The summed E-state index contributed by atoms with van der Waals surface area (Å²) in [7, 11) is 0. The van der Waals surface area contributed by atoms with Gasteiger partial charge < -0.3 is 9.47 Å². The van der Waals surface area contributed by atoms with Gasteiger partial charge in [-0.25, -0.2) is 9.80 Å². The summed E-state index contributed by atoms with van der Waals surface area (Å²) in [6.45, 7) is 12.2. The van der Waals surface area contributed by atoms with Gasteiger partial charge in [0, 0.05) is 30.2 Å². The lowest BCUT2D eigenvalue weighted by Crippen LogP contribution is -2.30. The van der Waals surface area contributed by atoms with Crippen LogP contribution < -0.4 is 19.3 Å². The third-order valence-electron chi connectivity index (χ3n) is 7.54. The van der Waals surface area contributed by atoms with Crippen molar-refractivity contribution in [1.29, 1.82) is 0 Å². The average Bonchev–Trinajstić information content (AvgIpc) is 3.61. The predicted molar refractivity (Wildman–Crippen MR) is 185 cm³/mol. The molecule has 0 radical (unpaired) electrons. The summed E-state index contributed by atoms with van der Waals surface area (Å²) >= 11 is 0. The average molecular weight is 633 g/mol. The molecule has 4 amide bonds. The molecule has 8 nitrogen and oxygen atoms in total. The van der Waals surface area contributed by atoms with Gasteiger partial charge in [0.2, 0.25) is 0 Å². The maximum atomic E-state index is 12.4. The van der Waals surface area contributed by atoms with Gasteiger partial charge in [-0.05, 0) is 41.0 Å². The van der Waals surface area contributed by atoms with Crippen LogP contribution in [0.15, 0.2) is 116 Å². The normalized spacial score (nSPS) is 13.7. The zero-order valence-corrected chi connectivity index (χ0v) is 26.9. The summed E-state index contributed by atoms with van der Waals surface area (Å²) in [6.07, 6.45) is 13.6. The SMILES string of the molecule is C=CCOc1cc(C(c2ccccc2)c2ccc(N3C(=O)C=CC3=O)c(OCC=C)c2)ccc1N1C(=O)C=CC1=O.CCCCCC. The van der Waals surface area contributed by atoms with Crippen LogP contribution in [0, 0.1) is 0 Å². The second-order valence-electron chi connectivity index (χ2n) is 10.9. The number of unbranched alkanes of at least 4 members (excludes halogenated alkanes) is 3. The first-order valence-electron chi connectivity index (χ1n) is 15.8. The Balaban J connectivity index is 0.000000762. The van der Waals surface area contributed by atoms with Crippen LogP contribution in [0.25, 0.3) is 0 Å². The van der Waals surface area contributed by atoms with E-state index in [1.165, 1.54) is 50.0 Å². The van der Waals surface area contributed by atoms with Gasteiger partial charge in [-0.15, -0.1) is 0 Å². The van der Waals surface area contributed by atoms with Crippen LogP contribution in [0.1, 0.15) is 62.1 Å². The van der Waals surface area contributed by atoms with Crippen molar-refractivity contribution < 1.29 is 28.7 Å².